The van der Waals surface area contributed by atoms with E-state index in [1.165, 1.54) is 35.9 Å². The van der Waals surface area contributed by atoms with E-state index < -0.39 is 17.5 Å². The number of fused-ring (bicyclic) bond motifs is 1. The molecule has 202 valence electrons. The summed E-state index contributed by atoms with van der Waals surface area (Å²) in [5.74, 6) is -1.43. The van der Waals surface area contributed by atoms with E-state index in [0.717, 1.165) is 24.0 Å². The molecule has 0 spiro atoms. The smallest absolute Gasteiger partial charge is 0.255 e. The molecule has 0 unspecified atom stereocenters. The first-order chi connectivity index (χ1) is 18.5. The maximum atomic E-state index is 16.0. The van der Waals surface area contributed by atoms with Gasteiger partial charge in [-0.25, -0.2) is 13.3 Å². The van der Waals surface area contributed by atoms with Crippen molar-refractivity contribution in [2.24, 2.45) is 11.7 Å². The van der Waals surface area contributed by atoms with Gasteiger partial charge >= 0.3 is 0 Å². The van der Waals surface area contributed by atoms with Crippen molar-refractivity contribution in [1.82, 2.24) is 14.9 Å². The van der Waals surface area contributed by atoms with Gasteiger partial charge in [0.25, 0.3) is 11.8 Å². The number of ether oxygens (including phenoxy) is 1. The van der Waals surface area contributed by atoms with Crippen molar-refractivity contribution < 1.29 is 23.1 Å². The lowest BCUT2D eigenvalue weighted by molar-refractivity contribution is 0.0914. The van der Waals surface area contributed by atoms with Crippen LogP contribution in [-0.2, 0) is 6.42 Å². The summed E-state index contributed by atoms with van der Waals surface area (Å²) < 4.78 is 36.2. The second kappa shape index (κ2) is 9.80. The van der Waals surface area contributed by atoms with Crippen molar-refractivity contribution in [3.63, 3.8) is 0 Å². The van der Waals surface area contributed by atoms with Crippen LogP contribution in [0.15, 0.2) is 48.7 Å². The van der Waals surface area contributed by atoms with E-state index in [1.807, 2.05) is 6.92 Å². The number of nitrogens with zero attached hydrogens (tertiary/aromatic N) is 2. The molecule has 0 aliphatic heterocycles. The number of pyridine rings is 1. The molecule has 0 bridgehead atoms. The minimum atomic E-state index is -0.848. The molecule has 1 aliphatic rings. The van der Waals surface area contributed by atoms with Gasteiger partial charge in [0, 0.05) is 23.7 Å². The number of methoxy groups -OCH3 is 1. The number of rotatable bonds is 8. The number of carbonyl (C=O) groups excluding carboxylic acids is 2. The molecule has 0 saturated heterocycles. The molecule has 1 fully saturated rings. The molecule has 9 heteroatoms. The third kappa shape index (κ3) is 4.73. The Kier molecular flexibility index (Phi) is 6.62. The Morgan fingerprint density at radius 3 is 2.41 bits per heavy atom. The number of primary amides is 1. The average molecular weight is 533 g/mol. The summed E-state index contributed by atoms with van der Waals surface area (Å²) in [5, 5.41) is 7.52. The van der Waals surface area contributed by atoms with Gasteiger partial charge < -0.3 is 15.8 Å². The maximum absolute atomic E-state index is 16.0. The molecule has 7 nitrogen and oxygen atoms in total. The lowest BCUT2D eigenvalue weighted by atomic mass is 9.95. The molecule has 2 heterocycles. The van der Waals surface area contributed by atoms with E-state index in [9.17, 15) is 14.0 Å². The van der Waals surface area contributed by atoms with Crippen LogP contribution in [0.5, 0.6) is 5.75 Å². The molecule has 39 heavy (non-hydrogen) atoms. The third-order valence-electron chi connectivity index (χ3n) is 7.72. The van der Waals surface area contributed by atoms with Crippen LogP contribution in [0.4, 0.5) is 8.78 Å². The number of aryl methyl sites for hydroxylation is 1. The summed E-state index contributed by atoms with van der Waals surface area (Å²) in [7, 11) is 1.51. The van der Waals surface area contributed by atoms with Gasteiger partial charge in [-0.2, -0.15) is 5.10 Å². The molecule has 0 atom stereocenters. The van der Waals surface area contributed by atoms with Crippen molar-refractivity contribution in [2.45, 2.75) is 45.6 Å². The first-order valence-corrected chi connectivity index (χ1v) is 12.8. The number of aromatic nitrogens is 2. The summed E-state index contributed by atoms with van der Waals surface area (Å²) in [6, 6.07) is 10.5. The molecule has 1 aliphatic carbocycles. The van der Waals surface area contributed by atoms with Crippen LogP contribution >= 0.6 is 0 Å². The Bertz CT molecular complexity index is 1610. The van der Waals surface area contributed by atoms with E-state index in [-0.39, 0.29) is 34.6 Å². The minimum Gasteiger partial charge on any atom is -0.496 e. The van der Waals surface area contributed by atoms with Crippen molar-refractivity contribution in [1.29, 1.82) is 0 Å². The fourth-order valence-electron chi connectivity index (χ4n) is 5.06. The lowest BCUT2D eigenvalue weighted by Crippen LogP contribution is -2.40. The van der Waals surface area contributed by atoms with Gasteiger partial charge in [-0.1, -0.05) is 13.8 Å². The Balaban J connectivity index is 1.55. The molecule has 5 rings (SSSR count). The molecule has 4 aromatic rings. The van der Waals surface area contributed by atoms with Crippen LogP contribution in [0, 0.1) is 24.5 Å². The number of nitrogens with two attached hydrogens (primary N) is 1. The topological polar surface area (TPSA) is 98.7 Å². The first kappa shape index (κ1) is 26.3. The van der Waals surface area contributed by atoms with E-state index >= 15 is 4.39 Å². The number of nitrogens with one attached hydrogen (secondary N) is 1. The van der Waals surface area contributed by atoms with E-state index in [1.54, 1.807) is 24.4 Å². The van der Waals surface area contributed by atoms with Crippen LogP contribution in [0.3, 0.4) is 0 Å². The molecule has 3 N–H and O–H groups in total. The Morgan fingerprint density at radius 2 is 1.82 bits per heavy atom. The fourth-order valence-corrected chi connectivity index (χ4v) is 5.06. The van der Waals surface area contributed by atoms with Gasteiger partial charge in [-0.15, -0.1) is 0 Å². The summed E-state index contributed by atoms with van der Waals surface area (Å²) in [5.41, 5.74) is 8.14. The molecule has 2 amide bonds. The lowest BCUT2D eigenvalue weighted by Gasteiger charge is -2.22. The predicted molar refractivity (Wildman–Crippen MR) is 144 cm³/mol. The highest BCUT2D eigenvalue weighted by atomic mass is 19.1. The molecular weight excluding hydrogens is 502 g/mol. The second-order valence-electron chi connectivity index (χ2n) is 10.5. The summed E-state index contributed by atoms with van der Waals surface area (Å²) >= 11 is 0. The maximum Gasteiger partial charge on any atom is 0.255 e. The molecule has 2 aromatic heterocycles. The summed E-state index contributed by atoms with van der Waals surface area (Å²) in [4.78, 5) is 25.7. The summed E-state index contributed by atoms with van der Waals surface area (Å²) in [6.45, 7) is 6.04. The van der Waals surface area contributed by atoms with E-state index in [0.29, 0.717) is 28.4 Å². The molecular formula is C30H30F2N4O3. The zero-order chi connectivity index (χ0) is 28.1. The SMILES string of the molecule is COc1cc(C)c(Cc2ccn3nc(-c4ccc(F)cc4)c(C(N)=O)c3c2F)cc1C(=O)NC1(C(C)C)CC1. The first-order valence-electron chi connectivity index (χ1n) is 12.8. The number of carbonyl (C=O) groups is 2. The van der Waals surface area contributed by atoms with Gasteiger partial charge in [-0.05, 0) is 84.8 Å². The molecule has 2 aromatic carbocycles. The normalized spacial score (nSPS) is 14.0. The highest BCUT2D eigenvalue weighted by Gasteiger charge is 2.47. The van der Waals surface area contributed by atoms with Gasteiger partial charge in [-0.3, -0.25) is 9.59 Å². The quantitative estimate of drug-likeness (QED) is 0.326. The fraction of sp³-hybridized carbons (Fsp3) is 0.300. The number of benzene rings is 2. The van der Waals surface area contributed by atoms with Crippen molar-refractivity contribution in [3.05, 3.63) is 88.1 Å². The van der Waals surface area contributed by atoms with Crippen molar-refractivity contribution >= 4 is 17.3 Å². The van der Waals surface area contributed by atoms with Gasteiger partial charge in [0.2, 0.25) is 0 Å². The van der Waals surface area contributed by atoms with Crippen molar-refractivity contribution in [3.8, 4) is 17.0 Å². The average Bonchev–Trinajstić information content (AvgIpc) is 3.57. The summed E-state index contributed by atoms with van der Waals surface area (Å²) in [6.07, 6.45) is 3.56. The van der Waals surface area contributed by atoms with E-state index in [4.69, 9.17) is 10.5 Å². The highest BCUT2D eigenvalue weighted by molar-refractivity contribution is 6.05. The number of halogens is 2. The molecule has 1 saturated carbocycles. The predicted octanol–water partition coefficient (Wildman–Crippen LogP) is 5.20. The van der Waals surface area contributed by atoms with Crippen LogP contribution in [0.1, 0.15) is 64.1 Å². The van der Waals surface area contributed by atoms with Crippen LogP contribution in [-0.4, -0.2) is 34.1 Å². The number of amides is 2. The zero-order valence-corrected chi connectivity index (χ0v) is 22.3. The van der Waals surface area contributed by atoms with Gasteiger partial charge in [0.1, 0.15) is 22.8 Å². The van der Waals surface area contributed by atoms with Crippen LogP contribution < -0.4 is 15.8 Å². The highest BCUT2D eigenvalue weighted by Crippen LogP contribution is 2.42. The Morgan fingerprint density at radius 1 is 1.13 bits per heavy atom. The molecule has 0 radical (unpaired) electrons. The number of hydrogen-bond donors (Lipinski definition) is 2. The monoisotopic (exact) mass is 532 g/mol. The second-order valence-corrected chi connectivity index (χ2v) is 10.5. The number of hydrogen-bond acceptors (Lipinski definition) is 4. The van der Waals surface area contributed by atoms with Crippen LogP contribution in [0.25, 0.3) is 16.8 Å². The standard InChI is InChI=1S/C30H30F2N4O3/c1-16(2)30(10-11-30)34-29(38)22-15-20(17(3)13-23(22)39-4)14-19-9-12-36-27(25(19)32)24(28(33)37)26(35-36)18-5-7-21(31)8-6-18/h5-9,12-13,15-16H,10-11,14H2,1-4H3,(H2,33,37)(H,34,38). The van der Waals surface area contributed by atoms with Gasteiger partial charge in [0.15, 0.2) is 5.82 Å². The van der Waals surface area contributed by atoms with E-state index in [2.05, 4.69) is 24.3 Å². The minimum absolute atomic E-state index is 0.0592. The van der Waals surface area contributed by atoms with Gasteiger partial charge in [0.05, 0.1) is 18.2 Å². The Hall–Kier alpha value is -4.27. The third-order valence-corrected chi connectivity index (χ3v) is 7.72. The zero-order valence-electron chi connectivity index (χ0n) is 22.3. The Labute approximate surface area is 225 Å². The van der Waals surface area contributed by atoms with Crippen molar-refractivity contribution in [2.75, 3.05) is 7.11 Å². The van der Waals surface area contributed by atoms with Crippen LogP contribution in [0.2, 0.25) is 0 Å². The largest absolute Gasteiger partial charge is 0.496 e.